The van der Waals surface area contributed by atoms with Crippen molar-refractivity contribution in [3.63, 3.8) is 0 Å². The maximum atomic E-state index is 12.8. The summed E-state index contributed by atoms with van der Waals surface area (Å²) in [7, 11) is 0. The van der Waals surface area contributed by atoms with E-state index in [0.717, 1.165) is 70.6 Å². The molecule has 10 nitrogen and oxygen atoms in total. The SMILES string of the molecule is CCCC(OCC1CCC(O)CC1)Oc1ccc(OC(=O)c2ccc(C(=O)Oc3ccc(OC(CCC)OCC4CCC5OC5C4)cc3)cc2)cc1. The molecule has 1 saturated heterocycles. The van der Waals surface area contributed by atoms with Gasteiger partial charge in [0.2, 0.25) is 0 Å². The molecule has 3 fully saturated rings. The number of epoxide rings is 1. The molecule has 3 aromatic carbocycles. The highest BCUT2D eigenvalue weighted by atomic mass is 16.7. The second-order valence-electron chi connectivity index (χ2n) is 14.2. The lowest BCUT2D eigenvalue weighted by Crippen LogP contribution is -2.27. The van der Waals surface area contributed by atoms with Crippen molar-refractivity contribution in [3.05, 3.63) is 83.9 Å². The molecule has 5 unspecified atom stereocenters. The number of hydrogen-bond donors (Lipinski definition) is 1. The Morgan fingerprint density at radius 2 is 1.06 bits per heavy atom. The third-order valence-electron chi connectivity index (χ3n) is 9.97. The van der Waals surface area contributed by atoms with Crippen LogP contribution in [0.4, 0.5) is 0 Å². The lowest BCUT2D eigenvalue weighted by molar-refractivity contribution is -0.101. The highest BCUT2D eigenvalue weighted by molar-refractivity contribution is 5.94. The van der Waals surface area contributed by atoms with Crippen LogP contribution in [0.5, 0.6) is 23.0 Å². The molecule has 0 aromatic heterocycles. The molecule has 280 valence electrons. The molecule has 1 aliphatic heterocycles. The van der Waals surface area contributed by atoms with Crippen LogP contribution in [-0.4, -0.2) is 61.2 Å². The van der Waals surface area contributed by atoms with Crippen LogP contribution in [0.25, 0.3) is 0 Å². The van der Waals surface area contributed by atoms with E-state index in [1.54, 1.807) is 48.5 Å². The van der Waals surface area contributed by atoms with Gasteiger partial charge in [0.05, 0.1) is 42.7 Å². The molecule has 0 spiro atoms. The molecule has 10 heteroatoms. The molecule has 0 amide bonds. The van der Waals surface area contributed by atoms with Crippen LogP contribution in [-0.2, 0) is 14.2 Å². The predicted molar refractivity (Wildman–Crippen MR) is 194 cm³/mol. The highest BCUT2D eigenvalue weighted by Crippen LogP contribution is 2.39. The summed E-state index contributed by atoms with van der Waals surface area (Å²) < 4.78 is 41.2. The number of aliphatic hydroxyl groups excluding tert-OH is 1. The summed E-state index contributed by atoms with van der Waals surface area (Å²) in [6.45, 7) is 5.46. The van der Waals surface area contributed by atoms with Gasteiger partial charge in [-0.1, -0.05) is 26.7 Å². The summed E-state index contributed by atoms with van der Waals surface area (Å²) in [6.07, 6.45) is 10.3. The maximum absolute atomic E-state index is 12.8. The Labute approximate surface area is 306 Å². The molecule has 1 heterocycles. The summed E-state index contributed by atoms with van der Waals surface area (Å²) in [4.78, 5) is 25.7. The normalized spacial score (nSPS) is 23.5. The largest absolute Gasteiger partial charge is 0.465 e. The molecular formula is C42H52O10. The van der Waals surface area contributed by atoms with Gasteiger partial charge in [0.25, 0.3) is 0 Å². The van der Waals surface area contributed by atoms with Crippen molar-refractivity contribution in [1.82, 2.24) is 0 Å². The zero-order chi connectivity index (χ0) is 36.3. The van der Waals surface area contributed by atoms with Crippen LogP contribution in [0, 0.1) is 11.8 Å². The summed E-state index contributed by atoms with van der Waals surface area (Å²) in [5, 5.41) is 9.75. The number of fused-ring (bicyclic) bond motifs is 1. The van der Waals surface area contributed by atoms with E-state index in [0.29, 0.717) is 71.4 Å². The fourth-order valence-corrected chi connectivity index (χ4v) is 6.81. The lowest BCUT2D eigenvalue weighted by atomic mass is 9.88. The molecule has 3 aromatic rings. The molecule has 6 rings (SSSR count). The van der Waals surface area contributed by atoms with Gasteiger partial charge in [0.1, 0.15) is 23.0 Å². The van der Waals surface area contributed by atoms with Gasteiger partial charge in [-0.15, -0.1) is 0 Å². The Bertz CT molecular complexity index is 1550. The number of rotatable bonds is 18. The van der Waals surface area contributed by atoms with Crippen molar-refractivity contribution in [2.75, 3.05) is 13.2 Å². The molecule has 2 aliphatic carbocycles. The third kappa shape index (κ3) is 11.3. The number of benzene rings is 3. The topological polar surface area (TPSA) is 122 Å². The fraction of sp³-hybridized carbons (Fsp3) is 0.524. The van der Waals surface area contributed by atoms with E-state index < -0.39 is 11.9 Å². The van der Waals surface area contributed by atoms with E-state index in [1.807, 2.05) is 0 Å². The number of esters is 2. The number of ether oxygens (including phenoxy) is 7. The van der Waals surface area contributed by atoms with Gasteiger partial charge >= 0.3 is 11.9 Å². The first-order valence-electron chi connectivity index (χ1n) is 19.0. The van der Waals surface area contributed by atoms with Gasteiger partial charge in [0.15, 0.2) is 12.6 Å². The van der Waals surface area contributed by atoms with Crippen molar-refractivity contribution in [2.45, 2.75) is 115 Å². The Balaban J connectivity index is 0.934. The van der Waals surface area contributed by atoms with Gasteiger partial charge in [-0.25, -0.2) is 9.59 Å². The van der Waals surface area contributed by atoms with Crippen molar-refractivity contribution in [2.24, 2.45) is 11.8 Å². The van der Waals surface area contributed by atoms with Crippen LogP contribution < -0.4 is 18.9 Å². The number of hydrogen-bond acceptors (Lipinski definition) is 10. The van der Waals surface area contributed by atoms with Crippen LogP contribution in [0.15, 0.2) is 72.8 Å². The summed E-state index contributed by atoms with van der Waals surface area (Å²) in [5.74, 6) is 1.84. The average Bonchev–Trinajstić information content (AvgIpc) is 3.94. The second kappa shape index (κ2) is 18.7. The zero-order valence-corrected chi connectivity index (χ0v) is 30.3. The minimum atomic E-state index is -0.552. The molecule has 3 aliphatic rings. The minimum Gasteiger partial charge on any atom is -0.465 e. The van der Waals surface area contributed by atoms with Crippen LogP contribution in [0.1, 0.15) is 105 Å². The highest BCUT2D eigenvalue weighted by Gasteiger charge is 2.43. The monoisotopic (exact) mass is 716 g/mol. The summed E-state index contributed by atoms with van der Waals surface area (Å²) >= 11 is 0. The maximum Gasteiger partial charge on any atom is 0.343 e. The van der Waals surface area contributed by atoms with Crippen molar-refractivity contribution >= 4 is 11.9 Å². The van der Waals surface area contributed by atoms with Gasteiger partial charge in [-0.2, -0.15) is 0 Å². The molecule has 2 saturated carbocycles. The smallest absolute Gasteiger partial charge is 0.343 e. The summed E-state index contributed by atoms with van der Waals surface area (Å²) in [5.41, 5.74) is 0.591. The first-order chi connectivity index (χ1) is 25.3. The molecule has 0 bridgehead atoms. The van der Waals surface area contributed by atoms with Crippen LogP contribution in [0.3, 0.4) is 0 Å². The number of carbonyl (C=O) groups is 2. The predicted octanol–water partition coefficient (Wildman–Crippen LogP) is 8.29. The Hall–Kier alpha value is -3.96. The van der Waals surface area contributed by atoms with E-state index in [9.17, 15) is 14.7 Å². The van der Waals surface area contributed by atoms with Gasteiger partial charge < -0.3 is 38.3 Å². The minimum absolute atomic E-state index is 0.186. The van der Waals surface area contributed by atoms with E-state index in [2.05, 4.69) is 13.8 Å². The standard InChI is InChI=1S/C42H52O10/c1-3-5-39(46-26-28-7-14-32(43)15-8-28)48-33-16-20-35(21-17-33)50-41(44)30-10-12-31(13-11-30)42(45)51-36-22-18-34(19-23-36)49-40(6-4-2)47-27-29-9-24-37-38(25-29)52-37/h10-13,16-23,28-29,32,37-40,43H,3-9,14-15,24-27H2,1-2H3. The fourth-order valence-electron chi connectivity index (χ4n) is 6.81. The van der Waals surface area contributed by atoms with E-state index in [1.165, 1.54) is 24.3 Å². The van der Waals surface area contributed by atoms with Crippen LogP contribution in [0.2, 0.25) is 0 Å². The zero-order valence-electron chi connectivity index (χ0n) is 30.3. The molecular weight excluding hydrogens is 664 g/mol. The second-order valence-corrected chi connectivity index (χ2v) is 14.2. The van der Waals surface area contributed by atoms with Gasteiger partial charge in [-0.3, -0.25) is 0 Å². The van der Waals surface area contributed by atoms with E-state index in [-0.39, 0.29) is 18.7 Å². The Morgan fingerprint density at radius 1 is 0.615 bits per heavy atom. The molecule has 1 N–H and O–H groups in total. The van der Waals surface area contributed by atoms with Gasteiger partial charge in [0, 0.05) is 12.8 Å². The molecule has 5 atom stereocenters. The molecule has 0 radical (unpaired) electrons. The quantitative estimate of drug-likeness (QED) is 0.0596. The van der Waals surface area contributed by atoms with Gasteiger partial charge in [-0.05, 0) is 130 Å². The first-order valence-corrected chi connectivity index (χ1v) is 19.0. The van der Waals surface area contributed by atoms with E-state index in [4.69, 9.17) is 33.2 Å². The number of aliphatic hydroxyl groups is 1. The molecule has 52 heavy (non-hydrogen) atoms. The Morgan fingerprint density at radius 3 is 1.52 bits per heavy atom. The van der Waals surface area contributed by atoms with E-state index >= 15 is 0 Å². The van der Waals surface area contributed by atoms with Crippen molar-refractivity contribution in [3.8, 4) is 23.0 Å². The third-order valence-corrected chi connectivity index (χ3v) is 9.97. The van der Waals surface area contributed by atoms with Crippen molar-refractivity contribution < 1.29 is 47.9 Å². The summed E-state index contributed by atoms with van der Waals surface area (Å²) in [6, 6.07) is 19.9. The lowest BCUT2D eigenvalue weighted by Gasteiger charge is -2.27. The first kappa shape index (κ1) is 37.8. The number of carbonyl (C=O) groups excluding carboxylic acids is 2. The van der Waals surface area contributed by atoms with Crippen molar-refractivity contribution in [1.29, 1.82) is 0 Å². The van der Waals surface area contributed by atoms with Crippen LogP contribution >= 0.6 is 0 Å². The average molecular weight is 717 g/mol. The Kier molecular flexibility index (Phi) is 13.6.